The van der Waals surface area contributed by atoms with Gasteiger partial charge in [0.15, 0.2) is 0 Å². The molecule has 7 heteroatoms. The summed E-state index contributed by atoms with van der Waals surface area (Å²) < 4.78 is 0. The second kappa shape index (κ2) is 6.70. The van der Waals surface area contributed by atoms with E-state index in [9.17, 15) is 14.4 Å². The third kappa shape index (κ3) is 2.81. The van der Waals surface area contributed by atoms with Crippen molar-refractivity contribution in [2.24, 2.45) is 0 Å². The number of fused-ring (bicyclic) bond motifs is 3. The van der Waals surface area contributed by atoms with Crippen LogP contribution < -0.4 is 10.6 Å². The van der Waals surface area contributed by atoms with Gasteiger partial charge in [-0.15, -0.1) is 11.3 Å². The molecule has 2 heterocycles. The zero-order chi connectivity index (χ0) is 20.0. The van der Waals surface area contributed by atoms with Crippen molar-refractivity contribution < 1.29 is 14.4 Å². The Morgan fingerprint density at radius 3 is 2.86 bits per heavy atom. The number of hydrogen-bond acceptors (Lipinski definition) is 4. The highest BCUT2D eigenvalue weighted by Gasteiger charge is 2.54. The SMILES string of the molecule is O=C(CN1C(=O)N[C@@]2(CCCc3sccc32)C1=O)Nc1cccc2ccccc12. The first-order chi connectivity index (χ1) is 14.1. The van der Waals surface area contributed by atoms with E-state index in [4.69, 9.17) is 0 Å². The van der Waals surface area contributed by atoms with E-state index >= 15 is 0 Å². The topological polar surface area (TPSA) is 78.5 Å². The molecule has 5 rings (SSSR count). The Bertz CT molecular complexity index is 1150. The molecule has 6 nitrogen and oxygen atoms in total. The van der Waals surface area contributed by atoms with E-state index in [1.807, 2.05) is 53.9 Å². The van der Waals surface area contributed by atoms with E-state index in [-0.39, 0.29) is 12.5 Å². The Labute approximate surface area is 171 Å². The molecule has 1 fully saturated rings. The number of carbonyl (C=O) groups is 3. The van der Waals surface area contributed by atoms with Crippen LogP contribution in [0.25, 0.3) is 10.8 Å². The van der Waals surface area contributed by atoms with Gasteiger partial charge in [-0.05, 0) is 42.2 Å². The first kappa shape index (κ1) is 17.9. The van der Waals surface area contributed by atoms with Crippen molar-refractivity contribution in [1.29, 1.82) is 0 Å². The van der Waals surface area contributed by atoms with Crippen LogP contribution in [0.3, 0.4) is 0 Å². The predicted octanol–water partition coefficient (Wildman–Crippen LogP) is 3.62. The maximum Gasteiger partial charge on any atom is 0.325 e. The summed E-state index contributed by atoms with van der Waals surface area (Å²) >= 11 is 1.61. The Balaban J connectivity index is 1.38. The summed E-state index contributed by atoms with van der Waals surface area (Å²) in [5.41, 5.74) is 0.515. The molecule has 0 radical (unpaired) electrons. The second-order valence-corrected chi connectivity index (χ2v) is 8.41. The Morgan fingerprint density at radius 1 is 1.14 bits per heavy atom. The number of hydrogen-bond donors (Lipinski definition) is 2. The number of benzene rings is 2. The van der Waals surface area contributed by atoms with Crippen molar-refractivity contribution in [3.05, 3.63) is 64.4 Å². The van der Waals surface area contributed by atoms with Gasteiger partial charge in [0.25, 0.3) is 5.91 Å². The van der Waals surface area contributed by atoms with E-state index in [1.165, 1.54) is 0 Å². The number of rotatable bonds is 3. The van der Waals surface area contributed by atoms with Gasteiger partial charge in [-0.25, -0.2) is 4.79 Å². The van der Waals surface area contributed by atoms with Gasteiger partial charge in [-0.3, -0.25) is 14.5 Å². The average Bonchev–Trinajstić information content (AvgIpc) is 3.29. The molecule has 29 heavy (non-hydrogen) atoms. The lowest BCUT2D eigenvalue weighted by Gasteiger charge is -2.31. The number of thiophene rings is 1. The highest BCUT2D eigenvalue weighted by atomic mass is 32.1. The Hall–Kier alpha value is -3.19. The number of carbonyl (C=O) groups excluding carboxylic acids is 3. The summed E-state index contributed by atoms with van der Waals surface area (Å²) in [6, 6.07) is 14.8. The number of anilines is 1. The van der Waals surface area contributed by atoms with Crippen LogP contribution in [-0.2, 0) is 21.5 Å². The molecule has 2 aromatic carbocycles. The van der Waals surface area contributed by atoms with Gasteiger partial charge in [0.2, 0.25) is 5.91 Å². The normalized spacial score (nSPS) is 20.8. The van der Waals surface area contributed by atoms with Gasteiger partial charge in [0.05, 0.1) is 0 Å². The molecule has 4 amide bonds. The van der Waals surface area contributed by atoms with Crippen molar-refractivity contribution in [1.82, 2.24) is 10.2 Å². The van der Waals surface area contributed by atoms with Crippen LogP contribution >= 0.6 is 11.3 Å². The lowest BCUT2D eigenvalue weighted by Crippen LogP contribution is -2.46. The molecule has 2 N–H and O–H groups in total. The molecule has 1 spiro atoms. The molecule has 146 valence electrons. The fourth-order valence-corrected chi connectivity index (χ4v) is 5.35. The number of nitrogens with one attached hydrogen (secondary N) is 2. The molecule has 3 aromatic rings. The summed E-state index contributed by atoms with van der Waals surface area (Å²) in [4.78, 5) is 40.7. The third-order valence-corrected chi connectivity index (χ3v) is 6.68. The molecular weight excluding hydrogens is 386 g/mol. The van der Waals surface area contributed by atoms with Crippen LogP contribution in [0.2, 0.25) is 0 Å². The molecule has 0 saturated carbocycles. The highest BCUT2D eigenvalue weighted by molar-refractivity contribution is 7.10. The number of amides is 4. The smallest absolute Gasteiger partial charge is 0.324 e. The fraction of sp³-hybridized carbons (Fsp3) is 0.227. The Morgan fingerprint density at radius 2 is 1.97 bits per heavy atom. The lowest BCUT2D eigenvalue weighted by atomic mass is 9.80. The molecule has 0 bridgehead atoms. The molecule has 1 aromatic heterocycles. The van der Waals surface area contributed by atoms with E-state index < -0.39 is 17.5 Å². The molecular formula is C22H19N3O3S. The zero-order valence-corrected chi connectivity index (χ0v) is 16.4. The Kier molecular flexibility index (Phi) is 4.13. The largest absolute Gasteiger partial charge is 0.325 e. The number of aryl methyl sites for hydroxylation is 1. The fourth-order valence-electron chi connectivity index (χ4n) is 4.35. The van der Waals surface area contributed by atoms with Gasteiger partial charge in [0.1, 0.15) is 12.1 Å². The van der Waals surface area contributed by atoms with Crippen LogP contribution in [-0.4, -0.2) is 29.3 Å². The number of urea groups is 1. The molecule has 1 atom stereocenters. The zero-order valence-electron chi connectivity index (χ0n) is 15.6. The maximum absolute atomic E-state index is 13.2. The quantitative estimate of drug-likeness (QED) is 0.653. The summed E-state index contributed by atoms with van der Waals surface area (Å²) in [5.74, 6) is -0.738. The van der Waals surface area contributed by atoms with E-state index in [2.05, 4.69) is 10.6 Å². The average molecular weight is 405 g/mol. The molecule has 0 unspecified atom stereocenters. The van der Waals surface area contributed by atoms with Crippen LogP contribution in [0.1, 0.15) is 23.3 Å². The minimum Gasteiger partial charge on any atom is -0.324 e. The van der Waals surface area contributed by atoms with Crippen molar-refractivity contribution in [2.45, 2.75) is 24.8 Å². The van der Waals surface area contributed by atoms with Crippen molar-refractivity contribution in [3.8, 4) is 0 Å². The van der Waals surface area contributed by atoms with E-state index in [1.54, 1.807) is 11.3 Å². The summed E-state index contributed by atoms with van der Waals surface area (Å²) in [5, 5.41) is 9.59. The highest BCUT2D eigenvalue weighted by Crippen LogP contribution is 2.42. The summed E-state index contributed by atoms with van der Waals surface area (Å²) in [6.07, 6.45) is 2.30. The van der Waals surface area contributed by atoms with Crippen LogP contribution in [0.5, 0.6) is 0 Å². The van der Waals surface area contributed by atoms with E-state index in [0.717, 1.165) is 39.0 Å². The van der Waals surface area contributed by atoms with Gasteiger partial charge in [0, 0.05) is 21.5 Å². The minimum atomic E-state index is -1.02. The van der Waals surface area contributed by atoms with Crippen LogP contribution in [0.4, 0.5) is 10.5 Å². The van der Waals surface area contributed by atoms with Gasteiger partial charge >= 0.3 is 6.03 Å². The van der Waals surface area contributed by atoms with Crippen LogP contribution in [0.15, 0.2) is 53.9 Å². The van der Waals surface area contributed by atoms with Crippen LogP contribution in [0, 0.1) is 0 Å². The minimum absolute atomic E-state index is 0.310. The number of nitrogens with zero attached hydrogens (tertiary/aromatic N) is 1. The summed E-state index contributed by atoms with van der Waals surface area (Å²) in [6.45, 7) is -0.310. The first-order valence-corrected chi connectivity index (χ1v) is 10.4. The predicted molar refractivity (Wildman–Crippen MR) is 112 cm³/mol. The number of imide groups is 1. The van der Waals surface area contributed by atoms with Gasteiger partial charge in [-0.1, -0.05) is 36.4 Å². The van der Waals surface area contributed by atoms with Gasteiger partial charge < -0.3 is 10.6 Å². The molecule has 1 aliphatic heterocycles. The van der Waals surface area contributed by atoms with E-state index in [0.29, 0.717) is 12.1 Å². The monoisotopic (exact) mass is 405 g/mol. The molecule has 1 saturated heterocycles. The van der Waals surface area contributed by atoms with Crippen molar-refractivity contribution >= 4 is 45.6 Å². The van der Waals surface area contributed by atoms with Crippen molar-refractivity contribution in [2.75, 3.05) is 11.9 Å². The van der Waals surface area contributed by atoms with Gasteiger partial charge in [-0.2, -0.15) is 0 Å². The summed E-state index contributed by atoms with van der Waals surface area (Å²) in [7, 11) is 0. The first-order valence-electron chi connectivity index (χ1n) is 9.57. The molecule has 1 aliphatic carbocycles. The molecule has 2 aliphatic rings. The lowest BCUT2D eigenvalue weighted by molar-refractivity contribution is -0.134. The second-order valence-electron chi connectivity index (χ2n) is 7.41. The standard InChI is InChI=1S/C22H19N3O3S/c26-19(23-17-8-3-6-14-5-1-2-7-15(14)17)13-25-20(27)22(24-21(25)28)11-4-9-18-16(22)10-12-29-18/h1-3,5-8,10,12H,4,9,11,13H2,(H,23,26)(H,24,28)/t22-/m1/s1. The maximum atomic E-state index is 13.2. The third-order valence-electron chi connectivity index (χ3n) is 5.70. The van der Waals surface area contributed by atoms with Crippen molar-refractivity contribution in [3.63, 3.8) is 0 Å².